The van der Waals surface area contributed by atoms with Gasteiger partial charge in [0.15, 0.2) is 11.1 Å². The number of hydrogen-bond donors (Lipinski definition) is 4. The summed E-state index contributed by atoms with van der Waals surface area (Å²) < 4.78 is 6.44. The largest absolute Gasteiger partial charge is 0.496 e. The van der Waals surface area contributed by atoms with Crippen LogP contribution in [0.15, 0.2) is 59.6 Å². The predicted molar refractivity (Wildman–Crippen MR) is 121 cm³/mol. The van der Waals surface area contributed by atoms with E-state index in [1.54, 1.807) is 18.4 Å². The summed E-state index contributed by atoms with van der Waals surface area (Å²) >= 11 is 1.56. The first-order valence-electron chi connectivity index (χ1n) is 8.98. The normalized spacial score (nSPS) is 11.1. The van der Waals surface area contributed by atoms with Crippen LogP contribution in [0.2, 0.25) is 0 Å². The summed E-state index contributed by atoms with van der Waals surface area (Å²) in [6.45, 7) is 2.52. The first kappa shape index (κ1) is 23.4. The number of nitrogens with two attached hydrogens (primary N) is 1. The molecule has 3 aromatic rings. The van der Waals surface area contributed by atoms with E-state index in [1.165, 1.54) is 5.56 Å². The first-order valence-corrected chi connectivity index (χ1v) is 9.80. The van der Waals surface area contributed by atoms with Crippen molar-refractivity contribution < 1.29 is 24.5 Å². The number of carboxylic acid groups (broad SMARTS) is 2. The molecule has 0 spiro atoms. The number of ether oxygens (including phenoxy) is 1. The van der Waals surface area contributed by atoms with Gasteiger partial charge in [0.25, 0.3) is 0 Å². The molecule has 0 radical (unpaired) electrons. The predicted octanol–water partition coefficient (Wildman–Crippen LogP) is 3.25. The zero-order valence-electron chi connectivity index (χ0n) is 16.9. The molecule has 31 heavy (non-hydrogen) atoms. The Hall–Kier alpha value is -3.92. The highest BCUT2D eigenvalue weighted by molar-refractivity contribution is 7.22. The minimum absolute atomic E-state index is 0.340. The van der Waals surface area contributed by atoms with Gasteiger partial charge in [-0.15, -0.1) is 0 Å². The number of nitrogens with zero attached hydrogens (tertiary/aromatic N) is 2. The minimum atomic E-state index is -1.26. The molecule has 0 unspecified atom stereocenters. The highest BCUT2D eigenvalue weighted by Gasteiger charge is 2.05. The Kier molecular flexibility index (Phi) is 8.52. The van der Waals surface area contributed by atoms with Gasteiger partial charge in [0.05, 0.1) is 23.9 Å². The Morgan fingerprint density at radius 2 is 1.87 bits per heavy atom. The highest BCUT2D eigenvalue weighted by atomic mass is 32.1. The summed E-state index contributed by atoms with van der Waals surface area (Å²) in [6, 6.07) is 13.9. The van der Waals surface area contributed by atoms with Crippen molar-refractivity contribution in [2.45, 2.75) is 13.5 Å². The lowest BCUT2D eigenvalue weighted by Gasteiger charge is -2.06. The number of para-hydroxylation sites is 1. The quantitative estimate of drug-likeness (QED) is 0.258. The van der Waals surface area contributed by atoms with E-state index in [0.717, 1.165) is 26.7 Å². The molecule has 9 nitrogen and oxygen atoms in total. The van der Waals surface area contributed by atoms with E-state index < -0.39 is 11.9 Å². The van der Waals surface area contributed by atoms with Crippen molar-refractivity contribution in [1.82, 2.24) is 4.98 Å². The molecule has 0 aliphatic rings. The van der Waals surface area contributed by atoms with Crippen LogP contribution in [0.3, 0.4) is 0 Å². The Morgan fingerprint density at radius 3 is 2.52 bits per heavy atom. The van der Waals surface area contributed by atoms with Gasteiger partial charge in [-0.25, -0.2) is 19.6 Å². The second kappa shape index (κ2) is 11.3. The number of thiazole rings is 1. The topological polar surface area (TPSA) is 147 Å². The molecule has 0 atom stereocenters. The molecule has 10 heteroatoms. The summed E-state index contributed by atoms with van der Waals surface area (Å²) in [5, 5.41) is 19.4. The number of carbonyl (C=O) groups is 2. The van der Waals surface area contributed by atoms with Gasteiger partial charge in [-0.3, -0.25) is 0 Å². The highest BCUT2D eigenvalue weighted by Crippen LogP contribution is 2.26. The van der Waals surface area contributed by atoms with Crippen molar-refractivity contribution in [2.24, 2.45) is 10.7 Å². The van der Waals surface area contributed by atoms with Gasteiger partial charge < -0.3 is 26.0 Å². The molecule has 162 valence electrons. The van der Waals surface area contributed by atoms with E-state index >= 15 is 0 Å². The number of fused-ring (bicyclic) bond motifs is 1. The molecule has 0 aliphatic heterocycles. The van der Waals surface area contributed by atoms with Crippen LogP contribution in [-0.2, 0) is 16.1 Å². The second-order valence-corrected chi connectivity index (χ2v) is 7.17. The molecule has 0 fully saturated rings. The van der Waals surface area contributed by atoms with E-state index in [-0.39, 0.29) is 0 Å². The minimum Gasteiger partial charge on any atom is -0.496 e. The van der Waals surface area contributed by atoms with Crippen molar-refractivity contribution in [3.05, 3.63) is 65.7 Å². The molecule has 1 aromatic heterocycles. The van der Waals surface area contributed by atoms with Gasteiger partial charge in [0.2, 0.25) is 0 Å². The fourth-order valence-corrected chi connectivity index (χ4v) is 3.35. The average Bonchev–Trinajstić information content (AvgIpc) is 3.12. The monoisotopic (exact) mass is 442 g/mol. The van der Waals surface area contributed by atoms with E-state index in [0.29, 0.717) is 24.7 Å². The van der Waals surface area contributed by atoms with Crippen LogP contribution in [-0.4, -0.2) is 40.2 Å². The molecule has 3 rings (SSSR count). The smallest absolute Gasteiger partial charge is 0.328 e. The molecule has 0 saturated carbocycles. The summed E-state index contributed by atoms with van der Waals surface area (Å²) in [5.74, 6) is -1.37. The van der Waals surface area contributed by atoms with Crippen LogP contribution in [0.25, 0.3) is 10.2 Å². The van der Waals surface area contributed by atoms with Crippen molar-refractivity contribution in [3.8, 4) is 5.75 Å². The van der Waals surface area contributed by atoms with Crippen LogP contribution in [0.1, 0.15) is 11.1 Å². The number of aromatic nitrogens is 1. The van der Waals surface area contributed by atoms with Crippen LogP contribution in [0.4, 0.5) is 5.13 Å². The van der Waals surface area contributed by atoms with E-state index in [2.05, 4.69) is 28.3 Å². The number of methoxy groups -OCH3 is 1. The Labute approximate surface area is 182 Å². The van der Waals surface area contributed by atoms with Crippen LogP contribution in [0.5, 0.6) is 5.75 Å². The fourth-order valence-electron chi connectivity index (χ4n) is 2.38. The van der Waals surface area contributed by atoms with Crippen molar-refractivity contribution in [1.29, 1.82) is 0 Å². The number of nitrogens with one attached hydrogen (secondary N) is 1. The van der Waals surface area contributed by atoms with Crippen LogP contribution < -0.4 is 15.8 Å². The zero-order chi connectivity index (χ0) is 22.8. The summed E-state index contributed by atoms with van der Waals surface area (Å²) in [5.41, 5.74) is 9.12. The average molecular weight is 442 g/mol. The number of benzene rings is 2. The Bertz CT molecular complexity index is 1110. The van der Waals surface area contributed by atoms with E-state index in [4.69, 9.17) is 20.7 Å². The fraction of sp³-hybridized carbons (Fsp3) is 0.143. The molecule has 1 heterocycles. The number of guanidine groups is 1. The lowest BCUT2D eigenvalue weighted by Crippen LogP contribution is -2.22. The van der Waals surface area contributed by atoms with Gasteiger partial charge in [0.1, 0.15) is 5.75 Å². The standard InChI is InChI=1S/C17H18N4OS.C4H4O4/c1-11-7-8-13-15(9-11)23-17(20-13)21-16(18)19-10-12-5-3-4-6-14(12)22-2;5-3(6)1-2-4(7)8/h3-9H,10H2,1-2H3,(H3,18,19,20,21);1-2H,(H,5,6)(H,7,8)/b;2-1+. The number of aryl methyl sites for hydroxylation is 1. The maximum atomic E-state index is 9.55. The van der Waals surface area contributed by atoms with Gasteiger partial charge in [-0.1, -0.05) is 35.6 Å². The Morgan fingerprint density at radius 1 is 1.19 bits per heavy atom. The molecule has 0 saturated heterocycles. The summed E-state index contributed by atoms with van der Waals surface area (Å²) in [6.07, 6.45) is 1.12. The van der Waals surface area contributed by atoms with Gasteiger partial charge >= 0.3 is 11.9 Å². The van der Waals surface area contributed by atoms with Gasteiger partial charge in [-0.05, 0) is 30.7 Å². The lowest BCUT2D eigenvalue weighted by molar-refractivity contribution is -0.134. The van der Waals surface area contributed by atoms with Crippen molar-refractivity contribution in [3.63, 3.8) is 0 Å². The summed E-state index contributed by atoms with van der Waals surface area (Å²) in [4.78, 5) is 28.0. The van der Waals surface area contributed by atoms with Crippen molar-refractivity contribution >= 4 is 44.6 Å². The number of anilines is 1. The lowest BCUT2D eigenvalue weighted by atomic mass is 10.2. The third-order valence-electron chi connectivity index (χ3n) is 3.76. The van der Waals surface area contributed by atoms with Crippen LogP contribution in [0, 0.1) is 6.92 Å². The maximum Gasteiger partial charge on any atom is 0.328 e. The SMILES string of the molecule is COc1ccccc1CN=C(N)Nc1nc2ccc(C)cc2s1.O=C(O)/C=C/C(=O)O. The number of aliphatic carboxylic acids is 2. The molecule has 5 N–H and O–H groups in total. The van der Waals surface area contributed by atoms with E-state index in [9.17, 15) is 9.59 Å². The summed E-state index contributed by atoms with van der Waals surface area (Å²) in [7, 11) is 1.65. The maximum absolute atomic E-state index is 9.55. The number of hydrogen-bond acceptors (Lipinski definition) is 6. The van der Waals surface area contributed by atoms with Gasteiger partial charge in [-0.2, -0.15) is 0 Å². The second-order valence-electron chi connectivity index (χ2n) is 6.14. The van der Waals surface area contributed by atoms with E-state index in [1.807, 2.05) is 36.4 Å². The van der Waals surface area contributed by atoms with Crippen LogP contribution >= 0.6 is 11.3 Å². The first-order chi connectivity index (χ1) is 14.8. The number of aliphatic imine (C=N–C) groups is 1. The molecule has 2 aromatic carbocycles. The van der Waals surface area contributed by atoms with Gasteiger partial charge in [0, 0.05) is 17.7 Å². The third kappa shape index (κ3) is 7.78. The molecule has 0 aliphatic carbocycles. The van der Waals surface area contributed by atoms with Crippen molar-refractivity contribution in [2.75, 3.05) is 12.4 Å². The third-order valence-corrected chi connectivity index (χ3v) is 4.69. The molecular weight excluding hydrogens is 420 g/mol. The Balaban J connectivity index is 0.000000366. The molecule has 0 amide bonds. The number of rotatable bonds is 6. The molecular formula is C21H22N4O5S. The molecule has 0 bridgehead atoms. The zero-order valence-corrected chi connectivity index (χ0v) is 17.7. The number of carboxylic acids is 2.